The Kier molecular flexibility index (Phi) is 4.74. The van der Waals surface area contributed by atoms with Gasteiger partial charge in [0.1, 0.15) is 0 Å². The third-order valence-electron chi connectivity index (χ3n) is 2.45. The van der Waals surface area contributed by atoms with Crippen LogP contribution in [-0.4, -0.2) is 21.3 Å². The zero-order valence-electron chi connectivity index (χ0n) is 10.0. The highest BCUT2D eigenvalue weighted by molar-refractivity contribution is 9.10. The van der Waals surface area contributed by atoms with Crippen LogP contribution in [0.3, 0.4) is 0 Å². The van der Waals surface area contributed by atoms with Gasteiger partial charge in [0.2, 0.25) is 0 Å². The van der Waals surface area contributed by atoms with Crippen LogP contribution in [0.25, 0.3) is 5.82 Å². The van der Waals surface area contributed by atoms with Crippen molar-refractivity contribution in [1.29, 1.82) is 0 Å². The molecule has 0 fully saturated rings. The highest BCUT2D eigenvalue weighted by atomic mass is 79.9. The van der Waals surface area contributed by atoms with E-state index in [0.717, 1.165) is 35.4 Å². The molecule has 0 amide bonds. The van der Waals surface area contributed by atoms with Gasteiger partial charge in [-0.05, 0) is 40.5 Å². The Bertz CT molecular complexity index is 527. The summed E-state index contributed by atoms with van der Waals surface area (Å²) < 4.78 is 2.63. The fourth-order valence-corrected chi connectivity index (χ4v) is 2.01. The lowest BCUT2D eigenvalue weighted by atomic mass is 10.2. The minimum Gasteiger partial charge on any atom is -0.313 e. The Morgan fingerprint density at radius 2 is 2.28 bits per heavy atom. The number of hydrogen-bond acceptors (Lipinski definition) is 3. The summed E-state index contributed by atoms with van der Waals surface area (Å²) in [6.07, 6.45) is 6.35. The molecule has 0 aliphatic heterocycles. The maximum Gasteiger partial charge on any atom is 0.153 e. The van der Waals surface area contributed by atoms with E-state index in [-0.39, 0.29) is 0 Å². The predicted molar refractivity (Wildman–Crippen MR) is 76.1 cm³/mol. The zero-order valence-corrected chi connectivity index (χ0v) is 12.4. The maximum absolute atomic E-state index is 6.13. The number of halogens is 2. The molecule has 4 nitrogen and oxygen atoms in total. The Morgan fingerprint density at radius 1 is 1.44 bits per heavy atom. The van der Waals surface area contributed by atoms with E-state index in [4.69, 9.17) is 11.6 Å². The van der Waals surface area contributed by atoms with Crippen LogP contribution in [0.1, 0.15) is 18.9 Å². The summed E-state index contributed by atoms with van der Waals surface area (Å²) in [6.45, 7) is 3.85. The summed E-state index contributed by atoms with van der Waals surface area (Å²) in [5.41, 5.74) is 1.03. The topological polar surface area (TPSA) is 42.7 Å². The molecule has 2 aromatic heterocycles. The quantitative estimate of drug-likeness (QED) is 0.857. The van der Waals surface area contributed by atoms with E-state index < -0.39 is 0 Å². The van der Waals surface area contributed by atoms with Crippen LogP contribution < -0.4 is 5.32 Å². The number of rotatable bonds is 5. The molecule has 1 N–H and O–H groups in total. The average molecular weight is 330 g/mol. The molecule has 2 rings (SSSR count). The molecule has 96 valence electrons. The van der Waals surface area contributed by atoms with Crippen LogP contribution in [0.2, 0.25) is 5.02 Å². The van der Waals surface area contributed by atoms with E-state index in [1.54, 1.807) is 17.1 Å². The lowest BCUT2D eigenvalue weighted by Crippen LogP contribution is -2.14. The molecule has 0 aliphatic carbocycles. The molecule has 0 atom stereocenters. The van der Waals surface area contributed by atoms with Crippen LogP contribution in [0.15, 0.2) is 29.1 Å². The van der Waals surface area contributed by atoms with E-state index in [0.29, 0.717) is 5.02 Å². The van der Waals surface area contributed by atoms with Crippen molar-refractivity contribution in [2.24, 2.45) is 0 Å². The minimum atomic E-state index is 0.675. The van der Waals surface area contributed by atoms with Gasteiger partial charge in [0.25, 0.3) is 0 Å². The van der Waals surface area contributed by atoms with Crippen molar-refractivity contribution < 1.29 is 0 Å². The van der Waals surface area contributed by atoms with E-state index in [2.05, 4.69) is 38.3 Å². The molecule has 0 bridgehead atoms. The summed E-state index contributed by atoms with van der Waals surface area (Å²) in [5, 5.41) is 8.20. The molecule has 0 aromatic carbocycles. The first kappa shape index (κ1) is 13.5. The molecule has 2 heterocycles. The molecule has 0 saturated carbocycles. The smallest absolute Gasteiger partial charge is 0.153 e. The van der Waals surface area contributed by atoms with Crippen molar-refractivity contribution in [3.8, 4) is 5.82 Å². The molecule has 18 heavy (non-hydrogen) atoms. The van der Waals surface area contributed by atoms with Crippen LogP contribution >= 0.6 is 27.5 Å². The van der Waals surface area contributed by atoms with Gasteiger partial charge in [0.15, 0.2) is 5.82 Å². The largest absolute Gasteiger partial charge is 0.313 e. The Balaban J connectivity index is 2.20. The van der Waals surface area contributed by atoms with Crippen molar-refractivity contribution >= 4 is 27.5 Å². The second-order valence-electron chi connectivity index (χ2n) is 3.91. The van der Waals surface area contributed by atoms with Crippen LogP contribution in [0.5, 0.6) is 0 Å². The fraction of sp³-hybridized carbons (Fsp3) is 0.333. The fourth-order valence-electron chi connectivity index (χ4n) is 1.55. The minimum absolute atomic E-state index is 0.675. The highest BCUT2D eigenvalue weighted by Crippen LogP contribution is 2.18. The molecular weight excluding hydrogens is 316 g/mol. The van der Waals surface area contributed by atoms with E-state index in [1.807, 2.05) is 12.3 Å². The van der Waals surface area contributed by atoms with Gasteiger partial charge in [0, 0.05) is 18.9 Å². The lowest BCUT2D eigenvalue weighted by Gasteiger charge is -2.07. The first-order valence-electron chi connectivity index (χ1n) is 5.76. The van der Waals surface area contributed by atoms with Gasteiger partial charge in [-0.15, -0.1) is 0 Å². The Labute approximate surface area is 119 Å². The van der Waals surface area contributed by atoms with E-state index in [9.17, 15) is 0 Å². The van der Waals surface area contributed by atoms with Gasteiger partial charge in [0.05, 0.1) is 15.7 Å². The second-order valence-corrected chi connectivity index (χ2v) is 5.24. The number of nitrogens with zero attached hydrogens (tertiary/aromatic N) is 3. The van der Waals surface area contributed by atoms with Gasteiger partial charge in [-0.3, -0.25) is 0 Å². The number of hydrogen-bond donors (Lipinski definition) is 1. The standard InChI is InChI=1S/C12H14BrClN4/c1-2-3-15-5-9-4-12(16-7-11(9)14)18-8-10(13)6-17-18/h4,6-8,15H,2-3,5H2,1H3. The van der Waals surface area contributed by atoms with Gasteiger partial charge in [-0.2, -0.15) is 5.10 Å². The van der Waals surface area contributed by atoms with Gasteiger partial charge in [-0.1, -0.05) is 18.5 Å². The Hall–Kier alpha value is -0.910. The van der Waals surface area contributed by atoms with E-state index in [1.165, 1.54) is 0 Å². The van der Waals surface area contributed by atoms with Gasteiger partial charge in [-0.25, -0.2) is 9.67 Å². The molecule has 0 spiro atoms. The monoisotopic (exact) mass is 328 g/mol. The second kappa shape index (κ2) is 6.31. The number of aromatic nitrogens is 3. The van der Waals surface area contributed by atoms with Crippen molar-refractivity contribution in [3.05, 3.63) is 39.7 Å². The summed E-state index contributed by atoms with van der Waals surface area (Å²) in [7, 11) is 0. The number of pyridine rings is 1. The summed E-state index contributed by atoms with van der Waals surface area (Å²) >= 11 is 9.49. The Morgan fingerprint density at radius 3 is 2.94 bits per heavy atom. The summed E-state index contributed by atoms with van der Waals surface area (Å²) in [4.78, 5) is 4.27. The maximum atomic E-state index is 6.13. The number of nitrogens with one attached hydrogen (secondary N) is 1. The van der Waals surface area contributed by atoms with Crippen LogP contribution in [0.4, 0.5) is 0 Å². The molecule has 0 unspecified atom stereocenters. The van der Waals surface area contributed by atoms with E-state index >= 15 is 0 Å². The zero-order chi connectivity index (χ0) is 13.0. The summed E-state index contributed by atoms with van der Waals surface area (Å²) in [6, 6.07) is 1.95. The molecule has 0 aliphatic rings. The first-order chi connectivity index (χ1) is 8.70. The van der Waals surface area contributed by atoms with Gasteiger partial charge >= 0.3 is 0 Å². The molecule has 0 saturated heterocycles. The third kappa shape index (κ3) is 3.31. The van der Waals surface area contributed by atoms with Crippen molar-refractivity contribution in [1.82, 2.24) is 20.1 Å². The predicted octanol–water partition coefficient (Wildman–Crippen LogP) is 3.18. The average Bonchev–Trinajstić information content (AvgIpc) is 2.78. The highest BCUT2D eigenvalue weighted by Gasteiger charge is 2.06. The van der Waals surface area contributed by atoms with Gasteiger partial charge < -0.3 is 5.32 Å². The molecule has 0 radical (unpaired) electrons. The van der Waals surface area contributed by atoms with Crippen molar-refractivity contribution in [2.45, 2.75) is 19.9 Å². The normalized spacial score (nSPS) is 10.8. The van der Waals surface area contributed by atoms with Crippen molar-refractivity contribution in [3.63, 3.8) is 0 Å². The van der Waals surface area contributed by atoms with Crippen LogP contribution in [0, 0.1) is 0 Å². The first-order valence-corrected chi connectivity index (χ1v) is 6.93. The summed E-state index contributed by atoms with van der Waals surface area (Å²) in [5.74, 6) is 0.762. The van der Waals surface area contributed by atoms with Crippen molar-refractivity contribution in [2.75, 3.05) is 6.54 Å². The molecule has 6 heteroatoms. The lowest BCUT2D eigenvalue weighted by molar-refractivity contribution is 0.674. The molecule has 2 aromatic rings. The van der Waals surface area contributed by atoms with Crippen LogP contribution in [-0.2, 0) is 6.54 Å². The third-order valence-corrected chi connectivity index (χ3v) is 3.20. The SMILES string of the molecule is CCCNCc1cc(-n2cc(Br)cn2)ncc1Cl. The molecular formula is C12H14BrClN4.